The first-order valence-electron chi connectivity index (χ1n) is 7.93. The zero-order chi connectivity index (χ0) is 15.7. The Morgan fingerprint density at radius 1 is 1.41 bits per heavy atom. The second-order valence-corrected chi connectivity index (χ2v) is 6.34. The Morgan fingerprint density at radius 3 is 2.86 bits per heavy atom. The van der Waals surface area contributed by atoms with Crippen LogP contribution in [0.25, 0.3) is 0 Å². The summed E-state index contributed by atoms with van der Waals surface area (Å²) in [5.41, 5.74) is 0. The van der Waals surface area contributed by atoms with E-state index in [-0.39, 0.29) is 24.5 Å². The standard InChI is InChI=1S/C16H23N3O3/c1-11-5-7-18(10-15(20)19-8-6-17-16(19)21)13(9-11)14-4-3-12(2)22-14/h3-4,11,13H,5-10H2,1-2H3,(H,17,21)/t11-,13-/m0/s1. The molecule has 1 aromatic rings. The van der Waals surface area contributed by atoms with Crippen LogP contribution >= 0.6 is 0 Å². The average Bonchev–Trinajstić information content (AvgIpc) is 3.09. The van der Waals surface area contributed by atoms with Gasteiger partial charge in [0.25, 0.3) is 0 Å². The maximum absolute atomic E-state index is 12.4. The van der Waals surface area contributed by atoms with Crippen molar-refractivity contribution in [3.05, 3.63) is 23.7 Å². The Morgan fingerprint density at radius 2 is 2.23 bits per heavy atom. The number of piperidine rings is 1. The molecule has 3 amide bonds. The second kappa shape index (κ2) is 6.12. The van der Waals surface area contributed by atoms with Gasteiger partial charge < -0.3 is 9.73 Å². The molecule has 2 atom stereocenters. The van der Waals surface area contributed by atoms with Crippen molar-refractivity contribution in [3.8, 4) is 0 Å². The van der Waals surface area contributed by atoms with Crippen LogP contribution in [0, 0.1) is 12.8 Å². The number of imide groups is 1. The fourth-order valence-corrected chi connectivity index (χ4v) is 3.28. The van der Waals surface area contributed by atoms with Gasteiger partial charge in [0.1, 0.15) is 11.5 Å². The van der Waals surface area contributed by atoms with E-state index in [0.717, 1.165) is 30.9 Å². The summed E-state index contributed by atoms with van der Waals surface area (Å²) in [6.07, 6.45) is 2.04. The summed E-state index contributed by atoms with van der Waals surface area (Å²) in [5, 5.41) is 2.67. The Balaban J connectivity index is 1.72. The molecule has 1 N–H and O–H groups in total. The quantitative estimate of drug-likeness (QED) is 0.926. The van der Waals surface area contributed by atoms with E-state index in [1.807, 2.05) is 19.1 Å². The number of carbonyl (C=O) groups is 2. The SMILES string of the molecule is Cc1ccc([C@@H]2C[C@@H](C)CCN2CC(=O)N2CCNC2=O)o1. The van der Waals surface area contributed by atoms with Crippen LogP contribution in [-0.2, 0) is 4.79 Å². The maximum atomic E-state index is 12.4. The molecule has 0 aliphatic carbocycles. The Hall–Kier alpha value is -1.82. The predicted molar refractivity (Wildman–Crippen MR) is 81.3 cm³/mol. The third-order valence-corrected chi connectivity index (χ3v) is 4.56. The van der Waals surface area contributed by atoms with Crippen molar-refractivity contribution in [2.45, 2.75) is 32.7 Å². The summed E-state index contributed by atoms with van der Waals surface area (Å²) in [5.74, 6) is 2.29. The third kappa shape index (κ3) is 3.02. The number of nitrogens with zero attached hydrogens (tertiary/aromatic N) is 2. The maximum Gasteiger partial charge on any atom is 0.324 e. The predicted octanol–water partition coefficient (Wildman–Crippen LogP) is 1.91. The molecule has 0 spiro atoms. The Kier molecular flexibility index (Phi) is 4.20. The number of furan rings is 1. The molecule has 6 nitrogen and oxygen atoms in total. The molecule has 120 valence electrons. The number of rotatable bonds is 3. The average molecular weight is 305 g/mol. The van der Waals surface area contributed by atoms with Gasteiger partial charge in [-0.05, 0) is 44.4 Å². The molecular weight excluding hydrogens is 282 g/mol. The van der Waals surface area contributed by atoms with Crippen molar-refractivity contribution < 1.29 is 14.0 Å². The van der Waals surface area contributed by atoms with Crippen LogP contribution in [0.3, 0.4) is 0 Å². The van der Waals surface area contributed by atoms with Crippen LogP contribution in [0.2, 0.25) is 0 Å². The lowest BCUT2D eigenvalue weighted by Gasteiger charge is -2.37. The van der Waals surface area contributed by atoms with Gasteiger partial charge in [0.2, 0.25) is 5.91 Å². The highest BCUT2D eigenvalue weighted by Gasteiger charge is 2.34. The topological polar surface area (TPSA) is 65.8 Å². The van der Waals surface area contributed by atoms with Gasteiger partial charge in [-0.2, -0.15) is 0 Å². The van der Waals surface area contributed by atoms with Crippen LogP contribution < -0.4 is 5.32 Å². The lowest BCUT2D eigenvalue weighted by molar-refractivity contribution is -0.130. The summed E-state index contributed by atoms with van der Waals surface area (Å²) in [6, 6.07) is 3.80. The number of aryl methyl sites for hydroxylation is 1. The lowest BCUT2D eigenvalue weighted by Crippen LogP contribution is -2.45. The molecule has 0 bridgehead atoms. The van der Waals surface area contributed by atoms with Gasteiger partial charge in [0.15, 0.2) is 0 Å². The lowest BCUT2D eigenvalue weighted by atomic mass is 9.91. The number of carbonyl (C=O) groups excluding carboxylic acids is 2. The molecule has 0 radical (unpaired) electrons. The van der Waals surface area contributed by atoms with Gasteiger partial charge >= 0.3 is 6.03 Å². The number of hydrogen-bond donors (Lipinski definition) is 1. The van der Waals surface area contributed by atoms with Crippen LogP contribution in [0.5, 0.6) is 0 Å². The fourth-order valence-electron chi connectivity index (χ4n) is 3.28. The molecule has 22 heavy (non-hydrogen) atoms. The first-order valence-corrected chi connectivity index (χ1v) is 7.93. The molecule has 2 aliphatic heterocycles. The highest BCUT2D eigenvalue weighted by atomic mass is 16.3. The summed E-state index contributed by atoms with van der Waals surface area (Å²) < 4.78 is 5.78. The normalized spacial score (nSPS) is 26.3. The minimum atomic E-state index is -0.277. The van der Waals surface area contributed by atoms with E-state index < -0.39 is 0 Å². The van der Waals surface area contributed by atoms with E-state index in [4.69, 9.17) is 4.42 Å². The van der Waals surface area contributed by atoms with Crippen molar-refractivity contribution in [2.75, 3.05) is 26.2 Å². The third-order valence-electron chi connectivity index (χ3n) is 4.56. The van der Waals surface area contributed by atoms with Crippen molar-refractivity contribution in [2.24, 2.45) is 5.92 Å². The van der Waals surface area contributed by atoms with Gasteiger partial charge in [-0.25, -0.2) is 4.79 Å². The van der Waals surface area contributed by atoms with E-state index >= 15 is 0 Å². The van der Waals surface area contributed by atoms with E-state index in [1.54, 1.807) is 0 Å². The van der Waals surface area contributed by atoms with Crippen molar-refractivity contribution in [1.29, 1.82) is 0 Å². The van der Waals surface area contributed by atoms with E-state index in [2.05, 4.69) is 17.1 Å². The van der Waals surface area contributed by atoms with Crippen molar-refractivity contribution in [3.63, 3.8) is 0 Å². The van der Waals surface area contributed by atoms with Gasteiger partial charge in [0.05, 0.1) is 12.6 Å². The summed E-state index contributed by atoms with van der Waals surface area (Å²) in [7, 11) is 0. The first kappa shape index (κ1) is 15.1. The second-order valence-electron chi connectivity index (χ2n) is 6.34. The summed E-state index contributed by atoms with van der Waals surface area (Å²) in [4.78, 5) is 27.5. The number of hydrogen-bond acceptors (Lipinski definition) is 4. The van der Waals surface area contributed by atoms with Crippen LogP contribution in [0.4, 0.5) is 4.79 Å². The van der Waals surface area contributed by atoms with Crippen LogP contribution in [0.15, 0.2) is 16.5 Å². The van der Waals surface area contributed by atoms with Gasteiger partial charge in [0, 0.05) is 13.1 Å². The van der Waals surface area contributed by atoms with E-state index in [0.29, 0.717) is 19.0 Å². The summed E-state index contributed by atoms with van der Waals surface area (Å²) >= 11 is 0. The molecular formula is C16H23N3O3. The smallest absolute Gasteiger partial charge is 0.324 e. The number of likely N-dealkylation sites (tertiary alicyclic amines) is 1. The number of urea groups is 1. The van der Waals surface area contributed by atoms with Gasteiger partial charge in [-0.1, -0.05) is 6.92 Å². The first-order chi connectivity index (χ1) is 10.5. The molecule has 0 saturated carbocycles. The number of amides is 3. The molecule has 3 heterocycles. The van der Waals surface area contributed by atoms with Crippen LogP contribution in [-0.4, -0.2) is 47.9 Å². The molecule has 2 aliphatic rings. The minimum absolute atomic E-state index is 0.118. The van der Waals surface area contributed by atoms with Crippen LogP contribution in [0.1, 0.15) is 37.3 Å². The molecule has 1 aromatic heterocycles. The fraction of sp³-hybridized carbons (Fsp3) is 0.625. The van der Waals surface area contributed by atoms with Crippen molar-refractivity contribution >= 4 is 11.9 Å². The van der Waals surface area contributed by atoms with Crippen molar-refractivity contribution in [1.82, 2.24) is 15.1 Å². The molecule has 2 fully saturated rings. The highest BCUT2D eigenvalue weighted by Crippen LogP contribution is 2.34. The zero-order valence-corrected chi connectivity index (χ0v) is 13.2. The van der Waals surface area contributed by atoms with E-state index in [1.165, 1.54) is 4.90 Å². The Bertz CT molecular complexity index is 569. The largest absolute Gasteiger partial charge is 0.465 e. The molecule has 0 unspecified atom stereocenters. The zero-order valence-electron chi connectivity index (χ0n) is 13.2. The summed E-state index contributed by atoms with van der Waals surface area (Å²) in [6.45, 7) is 6.29. The van der Waals surface area contributed by atoms with Gasteiger partial charge in [-0.3, -0.25) is 14.6 Å². The monoisotopic (exact) mass is 305 g/mol. The molecule has 2 saturated heterocycles. The van der Waals surface area contributed by atoms with Gasteiger partial charge in [-0.15, -0.1) is 0 Å². The van der Waals surface area contributed by atoms with E-state index in [9.17, 15) is 9.59 Å². The Labute approximate surface area is 130 Å². The molecule has 0 aromatic carbocycles. The molecule has 3 rings (SSSR count). The minimum Gasteiger partial charge on any atom is -0.465 e. The molecule has 6 heteroatoms. The number of nitrogens with one attached hydrogen (secondary N) is 1. The highest BCUT2D eigenvalue weighted by molar-refractivity contribution is 5.96.